The first-order chi connectivity index (χ1) is 8.63. The molecule has 18 heavy (non-hydrogen) atoms. The third-order valence-corrected chi connectivity index (χ3v) is 3.21. The van der Waals surface area contributed by atoms with Crippen molar-refractivity contribution in [3.63, 3.8) is 0 Å². The highest BCUT2D eigenvalue weighted by Gasteiger charge is 2.20. The lowest BCUT2D eigenvalue weighted by Crippen LogP contribution is -2.43. The molecule has 0 spiro atoms. The van der Waals surface area contributed by atoms with E-state index >= 15 is 0 Å². The smallest absolute Gasteiger partial charge is 0.231 e. The summed E-state index contributed by atoms with van der Waals surface area (Å²) in [4.78, 5) is 17.4. The summed E-state index contributed by atoms with van der Waals surface area (Å²) in [7, 11) is 0. The van der Waals surface area contributed by atoms with Crippen molar-refractivity contribution < 1.29 is 4.79 Å². The third kappa shape index (κ3) is 3.70. The van der Waals surface area contributed by atoms with Crippen LogP contribution in [0, 0.1) is 6.92 Å². The second kappa shape index (κ2) is 5.82. The van der Waals surface area contributed by atoms with Crippen LogP contribution in [0.15, 0.2) is 18.2 Å². The number of piperidine rings is 1. The third-order valence-electron chi connectivity index (χ3n) is 3.21. The Hall–Kier alpha value is -1.62. The fraction of sp³-hybridized carbons (Fsp3) is 0.538. The topological polar surface area (TPSA) is 71.2 Å². The Balaban J connectivity index is 1.81. The van der Waals surface area contributed by atoms with Crippen molar-refractivity contribution in [3.05, 3.63) is 23.9 Å². The van der Waals surface area contributed by atoms with Crippen LogP contribution in [0.1, 0.15) is 18.5 Å². The lowest BCUT2D eigenvalue weighted by molar-refractivity contribution is -0.119. The van der Waals surface area contributed by atoms with E-state index in [4.69, 9.17) is 5.73 Å². The molecule has 0 saturated carbocycles. The molecule has 3 N–H and O–H groups in total. The van der Waals surface area contributed by atoms with Crippen molar-refractivity contribution in [3.8, 4) is 0 Å². The van der Waals surface area contributed by atoms with Crippen molar-refractivity contribution in [1.29, 1.82) is 0 Å². The highest BCUT2D eigenvalue weighted by atomic mass is 16.1. The standard InChI is InChI=1S/C13H20N4O/c1-10-3-2-4-13(15-10)16-11-5-7-17(8-6-11)9-12(14)18/h2-4,11H,5-9H2,1H3,(H2,14,18)(H,15,16). The summed E-state index contributed by atoms with van der Waals surface area (Å²) in [5, 5.41) is 3.44. The summed E-state index contributed by atoms with van der Waals surface area (Å²) in [5.74, 6) is 0.685. The Labute approximate surface area is 107 Å². The molecule has 5 heteroatoms. The zero-order chi connectivity index (χ0) is 13.0. The molecule has 98 valence electrons. The van der Waals surface area contributed by atoms with Crippen LogP contribution in [0.5, 0.6) is 0 Å². The van der Waals surface area contributed by atoms with Gasteiger partial charge >= 0.3 is 0 Å². The van der Waals surface area contributed by atoms with Gasteiger partial charge in [-0.3, -0.25) is 9.69 Å². The molecule has 1 aliphatic heterocycles. The number of nitrogens with one attached hydrogen (secondary N) is 1. The van der Waals surface area contributed by atoms with Crippen molar-refractivity contribution in [2.75, 3.05) is 25.0 Å². The van der Waals surface area contributed by atoms with Crippen molar-refractivity contribution >= 4 is 11.7 Å². The zero-order valence-electron chi connectivity index (χ0n) is 10.7. The number of hydrogen-bond donors (Lipinski definition) is 2. The predicted molar refractivity (Wildman–Crippen MR) is 71.3 cm³/mol. The number of aromatic nitrogens is 1. The monoisotopic (exact) mass is 248 g/mol. The number of carbonyl (C=O) groups excluding carboxylic acids is 1. The van der Waals surface area contributed by atoms with Crippen LogP contribution in [0.25, 0.3) is 0 Å². The molecular weight excluding hydrogens is 228 g/mol. The highest BCUT2D eigenvalue weighted by molar-refractivity contribution is 5.75. The molecule has 5 nitrogen and oxygen atoms in total. The van der Waals surface area contributed by atoms with Crippen LogP contribution < -0.4 is 11.1 Å². The largest absolute Gasteiger partial charge is 0.369 e. The van der Waals surface area contributed by atoms with Gasteiger partial charge in [0.15, 0.2) is 0 Å². The molecule has 0 radical (unpaired) electrons. The van der Waals surface area contributed by atoms with Crippen molar-refractivity contribution in [1.82, 2.24) is 9.88 Å². The van der Waals surface area contributed by atoms with E-state index in [0.29, 0.717) is 12.6 Å². The number of anilines is 1. The summed E-state index contributed by atoms with van der Waals surface area (Å²) in [6.07, 6.45) is 2.03. The van der Waals surface area contributed by atoms with Crippen LogP contribution in [0.4, 0.5) is 5.82 Å². The van der Waals surface area contributed by atoms with E-state index in [1.807, 2.05) is 25.1 Å². The first kappa shape index (κ1) is 12.8. The van der Waals surface area contributed by atoms with E-state index in [1.54, 1.807) is 0 Å². The quantitative estimate of drug-likeness (QED) is 0.825. The molecule has 2 rings (SSSR count). The molecule has 2 heterocycles. The Morgan fingerprint density at radius 1 is 1.50 bits per heavy atom. The second-order valence-corrected chi connectivity index (χ2v) is 4.83. The van der Waals surface area contributed by atoms with Gasteiger partial charge in [-0.15, -0.1) is 0 Å². The van der Waals surface area contributed by atoms with Crippen LogP contribution in [0.3, 0.4) is 0 Å². The maximum absolute atomic E-state index is 10.8. The van der Waals surface area contributed by atoms with E-state index in [9.17, 15) is 4.79 Å². The Morgan fingerprint density at radius 2 is 2.22 bits per heavy atom. The van der Waals surface area contributed by atoms with E-state index in [0.717, 1.165) is 37.4 Å². The number of amides is 1. The summed E-state index contributed by atoms with van der Waals surface area (Å²) in [5.41, 5.74) is 6.21. The molecule has 0 unspecified atom stereocenters. The van der Waals surface area contributed by atoms with Gasteiger partial charge in [0.2, 0.25) is 5.91 Å². The molecule has 1 amide bonds. The minimum Gasteiger partial charge on any atom is -0.369 e. The number of pyridine rings is 1. The molecule has 1 aromatic heterocycles. The van der Waals surface area contributed by atoms with Gasteiger partial charge in [0.25, 0.3) is 0 Å². The minimum atomic E-state index is -0.248. The Morgan fingerprint density at radius 3 is 2.83 bits per heavy atom. The van der Waals surface area contributed by atoms with Crippen molar-refractivity contribution in [2.24, 2.45) is 5.73 Å². The summed E-state index contributed by atoms with van der Waals surface area (Å²) >= 11 is 0. The van der Waals surface area contributed by atoms with Crippen LogP contribution >= 0.6 is 0 Å². The zero-order valence-corrected chi connectivity index (χ0v) is 10.7. The summed E-state index contributed by atoms with van der Waals surface area (Å²) < 4.78 is 0. The van der Waals surface area contributed by atoms with Crippen LogP contribution in [-0.4, -0.2) is 41.5 Å². The predicted octanol–water partition coefficient (Wildman–Crippen LogP) is 0.752. The van der Waals surface area contributed by atoms with Crippen molar-refractivity contribution in [2.45, 2.75) is 25.8 Å². The van der Waals surface area contributed by atoms with Gasteiger partial charge in [-0.1, -0.05) is 6.07 Å². The number of carbonyl (C=O) groups is 1. The van der Waals surface area contributed by atoms with Gasteiger partial charge in [0.1, 0.15) is 5.82 Å². The van der Waals surface area contributed by atoms with Gasteiger partial charge in [0, 0.05) is 24.8 Å². The lowest BCUT2D eigenvalue weighted by Gasteiger charge is -2.31. The molecule has 1 aliphatic rings. The van der Waals surface area contributed by atoms with E-state index < -0.39 is 0 Å². The highest BCUT2D eigenvalue weighted by Crippen LogP contribution is 2.15. The fourth-order valence-corrected chi connectivity index (χ4v) is 2.29. The summed E-state index contributed by atoms with van der Waals surface area (Å²) in [6.45, 7) is 4.18. The van der Waals surface area contributed by atoms with E-state index in [2.05, 4.69) is 15.2 Å². The van der Waals surface area contributed by atoms with Crippen LogP contribution in [-0.2, 0) is 4.79 Å². The molecule has 0 aliphatic carbocycles. The normalized spacial score (nSPS) is 17.6. The number of hydrogen-bond acceptors (Lipinski definition) is 4. The Bertz CT molecular complexity index is 413. The van der Waals surface area contributed by atoms with Gasteiger partial charge in [0.05, 0.1) is 6.54 Å². The summed E-state index contributed by atoms with van der Waals surface area (Å²) in [6, 6.07) is 6.42. The van der Waals surface area contributed by atoms with Crippen LogP contribution in [0.2, 0.25) is 0 Å². The number of aryl methyl sites for hydroxylation is 1. The molecule has 1 saturated heterocycles. The second-order valence-electron chi connectivity index (χ2n) is 4.83. The number of primary amides is 1. The first-order valence-corrected chi connectivity index (χ1v) is 6.34. The number of likely N-dealkylation sites (tertiary alicyclic amines) is 1. The lowest BCUT2D eigenvalue weighted by atomic mass is 10.1. The average Bonchev–Trinajstić information content (AvgIpc) is 2.31. The molecule has 0 aromatic carbocycles. The van der Waals surface area contributed by atoms with Gasteiger partial charge in [-0.05, 0) is 31.9 Å². The first-order valence-electron chi connectivity index (χ1n) is 6.34. The van der Waals surface area contributed by atoms with Gasteiger partial charge in [-0.25, -0.2) is 4.98 Å². The number of nitrogens with zero attached hydrogens (tertiary/aromatic N) is 2. The molecule has 0 bridgehead atoms. The maximum Gasteiger partial charge on any atom is 0.231 e. The van der Waals surface area contributed by atoms with Gasteiger partial charge < -0.3 is 11.1 Å². The average molecular weight is 248 g/mol. The number of rotatable bonds is 4. The SMILES string of the molecule is Cc1cccc(NC2CCN(CC(N)=O)CC2)n1. The molecule has 0 atom stereocenters. The van der Waals surface area contributed by atoms with E-state index in [1.165, 1.54) is 0 Å². The molecular formula is C13H20N4O. The molecule has 1 aromatic rings. The maximum atomic E-state index is 10.8. The van der Waals surface area contributed by atoms with Gasteiger partial charge in [-0.2, -0.15) is 0 Å². The molecule has 1 fully saturated rings. The van der Waals surface area contributed by atoms with E-state index in [-0.39, 0.29) is 5.91 Å². The minimum absolute atomic E-state index is 0.248. The Kier molecular flexibility index (Phi) is 4.15. The number of nitrogens with two attached hydrogens (primary N) is 1. The fourth-order valence-electron chi connectivity index (χ4n) is 2.29.